The van der Waals surface area contributed by atoms with Crippen LogP contribution in [0.2, 0.25) is 0 Å². The maximum atomic E-state index is 13.9. The van der Waals surface area contributed by atoms with E-state index in [9.17, 15) is 19.5 Å². The van der Waals surface area contributed by atoms with E-state index in [0.717, 1.165) is 38.9 Å². The van der Waals surface area contributed by atoms with E-state index in [0.29, 0.717) is 32.7 Å². The summed E-state index contributed by atoms with van der Waals surface area (Å²) in [5.41, 5.74) is 0. The summed E-state index contributed by atoms with van der Waals surface area (Å²) < 4.78 is 4.40. The maximum absolute atomic E-state index is 13.9. The predicted octanol–water partition coefficient (Wildman–Crippen LogP) is 0.213. The molecule has 2 unspecified atom stereocenters. The molecule has 0 aliphatic carbocycles. The molecule has 3 amide bonds. The van der Waals surface area contributed by atoms with Crippen molar-refractivity contribution in [2.24, 2.45) is 11.8 Å². The Morgan fingerprint density at radius 2 is 1.88 bits per heavy atom. The molecule has 1 spiro atoms. The molecule has 10 heteroatoms. The van der Waals surface area contributed by atoms with E-state index in [1.165, 1.54) is 0 Å². The SMILES string of the molecule is CCCNC(=O)[C@@H]1[C@H]2C(=O)N([C@@H](CC)CO)C(C(=O)NCCN3CCOCC3)C23CC[C@@]1(C)S3. The molecule has 0 radical (unpaired) electrons. The number of hydrogen-bond acceptors (Lipinski definition) is 7. The van der Waals surface area contributed by atoms with E-state index in [1.54, 1.807) is 16.7 Å². The number of ether oxygens (including phenoxy) is 1. The molecule has 0 aromatic heterocycles. The van der Waals surface area contributed by atoms with Gasteiger partial charge in [-0.25, -0.2) is 0 Å². The summed E-state index contributed by atoms with van der Waals surface area (Å²) in [4.78, 5) is 44.8. The number of thioether (sulfide) groups is 1. The molecular weight excluding hydrogens is 456 g/mol. The van der Waals surface area contributed by atoms with Crippen molar-refractivity contribution in [3.05, 3.63) is 0 Å². The van der Waals surface area contributed by atoms with E-state index in [1.807, 2.05) is 13.8 Å². The van der Waals surface area contributed by atoms with Crippen molar-refractivity contribution in [3.8, 4) is 0 Å². The monoisotopic (exact) mass is 496 g/mol. The van der Waals surface area contributed by atoms with Crippen LogP contribution in [0.4, 0.5) is 0 Å². The third-order valence-corrected chi connectivity index (χ3v) is 10.2. The van der Waals surface area contributed by atoms with Crippen LogP contribution in [-0.2, 0) is 19.1 Å². The Morgan fingerprint density at radius 1 is 1.18 bits per heavy atom. The van der Waals surface area contributed by atoms with Crippen molar-refractivity contribution in [1.82, 2.24) is 20.4 Å². The number of amides is 3. The largest absolute Gasteiger partial charge is 0.394 e. The highest BCUT2D eigenvalue weighted by Crippen LogP contribution is 2.71. The van der Waals surface area contributed by atoms with Gasteiger partial charge in [0.05, 0.1) is 42.4 Å². The first kappa shape index (κ1) is 25.7. The lowest BCUT2D eigenvalue weighted by Crippen LogP contribution is -2.57. The number of carbonyl (C=O) groups excluding carboxylic acids is 3. The smallest absolute Gasteiger partial charge is 0.244 e. The van der Waals surface area contributed by atoms with Gasteiger partial charge in [-0.2, -0.15) is 0 Å². The lowest BCUT2D eigenvalue weighted by Gasteiger charge is -2.37. The number of hydrogen-bond donors (Lipinski definition) is 3. The van der Waals surface area contributed by atoms with E-state index in [-0.39, 0.29) is 29.1 Å². The lowest BCUT2D eigenvalue weighted by molar-refractivity contribution is -0.143. The van der Waals surface area contributed by atoms with Gasteiger partial charge in [-0.3, -0.25) is 19.3 Å². The molecule has 0 saturated carbocycles. The van der Waals surface area contributed by atoms with Gasteiger partial charge in [0.25, 0.3) is 0 Å². The normalized spacial score (nSPS) is 35.9. The molecule has 34 heavy (non-hydrogen) atoms. The van der Waals surface area contributed by atoms with Gasteiger partial charge in [0.1, 0.15) is 6.04 Å². The van der Waals surface area contributed by atoms with Crippen LogP contribution >= 0.6 is 11.8 Å². The maximum Gasteiger partial charge on any atom is 0.244 e. The number of aliphatic hydroxyl groups excluding tert-OH is 1. The summed E-state index contributed by atoms with van der Waals surface area (Å²) in [6.45, 7) is 10.7. The van der Waals surface area contributed by atoms with Crippen LogP contribution in [0.3, 0.4) is 0 Å². The van der Waals surface area contributed by atoms with Crippen molar-refractivity contribution >= 4 is 29.5 Å². The summed E-state index contributed by atoms with van der Waals surface area (Å²) in [7, 11) is 0. The second kappa shape index (κ2) is 10.3. The zero-order valence-corrected chi connectivity index (χ0v) is 21.5. The van der Waals surface area contributed by atoms with Crippen LogP contribution in [0.25, 0.3) is 0 Å². The summed E-state index contributed by atoms with van der Waals surface area (Å²) in [6.07, 6.45) is 2.90. The molecule has 2 bridgehead atoms. The Balaban J connectivity index is 1.59. The predicted molar refractivity (Wildman–Crippen MR) is 130 cm³/mol. The van der Waals surface area contributed by atoms with Gasteiger partial charge >= 0.3 is 0 Å². The molecule has 4 aliphatic heterocycles. The van der Waals surface area contributed by atoms with Crippen molar-refractivity contribution < 1.29 is 24.2 Å². The second-order valence-electron chi connectivity index (χ2n) is 10.3. The Hall–Kier alpha value is -1.36. The van der Waals surface area contributed by atoms with Gasteiger partial charge < -0.3 is 25.4 Å². The first-order valence-corrected chi connectivity index (χ1v) is 13.6. The minimum Gasteiger partial charge on any atom is -0.394 e. The Labute approximate surface area is 206 Å². The molecule has 192 valence electrons. The second-order valence-corrected chi connectivity index (χ2v) is 12.2. The molecule has 4 saturated heterocycles. The number of likely N-dealkylation sites (tertiary alicyclic amines) is 1. The van der Waals surface area contributed by atoms with Gasteiger partial charge in [0.2, 0.25) is 17.7 Å². The first-order chi connectivity index (χ1) is 16.3. The molecule has 4 rings (SSSR count). The van der Waals surface area contributed by atoms with Crippen LogP contribution in [0.5, 0.6) is 0 Å². The standard InChI is InChI=1S/C24H40N4O5S/c1-4-8-25-20(30)17-18-22(32)28(16(5-2)15-29)19(24(18)7-6-23(17,3)34-24)21(31)26-9-10-27-11-13-33-14-12-27/h16-19,29H,4-15H2,1-3H3,(H,25,30)(H,26,31)/t16-,17-,18-,19?,23+,24?/m0/s1. The topological polar surface area (TPSA) is 111 Å². The highest BCUT2D eigenvalue weighted by Gasteiger charge is 2.77. The molecule has 3 N–H and O–H groups in total. The van der Waals surface area contributed by atoms with Crippen LogP contribution in [0, 0.1) is 11.8 Å². The van der Waals surface area contributed by atoms with Crippen molar-refractivity contribution in [2.75, 3.05) is 52.5 Å². The van der Waals surface area contributed by atoms with E-state index in [2.05, 4.69) is 22.5 Å². The number of carbonyl (C=O) groups is 3. The first-order valence-electron chi connectivity index (χ1n) is 12.8. The molecule has 4 heterocycles. The average molecular weight is 497 g/mol. The third kappa shape index (κ3) is 4.24. The van der Waals surface area contributed by atoms with Gasteiger partial charge in [0, 0.05) is 37.5 Å². The number of aliphatic hydroxyl groups is 1. The molecule has 0 aromatic carbocycles. The summed E-state index contributed by atoms with van der Waals surface area (Å²) in [5.74, 6) is -1.40. The highest BCUT2D eigenvalue weighted by atomic mass is 32.2. The van der Waals surface area contributed by atoms with Crippen LogP contribution in [-0.4, -0.2) is 107 Å². The van der Waals surface area contributed by atoms with E-state index < -0.39 is 28.7 Å². The molecule has 4 aliphatic rings. The van der Waals surface area contributed by atoms with Gasteiger partial charge in [-0.15, -0.1) is 11.8 Å². The number of morpholine rings is 1. The van der Waals surface area contributed by atoms with Gasteiger partial charge in [-0.1, -0.05) is 13.8 Å². The molecule has 9 nitrogen and oxygen atoms in total. The quantitative estimate of drug-likeness (QED) is 0.397. The van der Waals surface area contributed by atoms with Crippen molar-refractivity contribution in [3.63, 3.8) is 0 Å². The Morgan fingerprint density at radius 3 is 2.53 bits per heavy atom. The number of fused-ring (bicyclic) bond motifs is 1. The molecule has 6 atom stereocenters. The zero-order chi connectivity index (χ0) is 24.5. The highest BCUT2D eigenvalue weighted by molar-refractivity contribution is 8.02. The van der Waals surface area contributed by atoms with Crippen molar-refractivity contribution in [1.29, 1.82) is 0 Å². The number of nitrogens with one attached hydrogen (secondary N) is 2. The fourth-order valence-electron chi connectivity index (χ4n) is 6.49. The molecule has 0 aromatic rings. The van der Waals surface area contributed by atoms with E-state index >= 15 is 0 Å². The molecular formula is C24H40N4O5S. The average Bonchev–Trinajstić information content (AvgIpc) is 3.40. The van der Waals surface area contributed by atoms with Gasteiger partial charge in [-0.05, 0) is 32.6 Å². The Bertz CT molecular complexity index is 789. The van der Waals surface area contributed by atoms with Crippen LogP contribution < -0.4 is 10.6 Å². The minimum atomic E-state index is -0.678. The van der Waals surface area contributed by atoms with Crippen LogP contribution in [0.1, 0.15) is 46.5 Å². The zero-order valence-electron chi connectivity index (χ0n) is 20.7. The van der Waals surface area contributed by atoms with Crippen molar-refractivity contribution in [2.45, 2.75) is 68.0 Å². The summed E-state index contributed by atoms with van der Waals surface area (Å²) in [5, 5.41) is 16.2. The third-order valence-electron chi connectivity index (χ3n) is 8.20. The van der Waals surface area contributed by atoms with Gasteiger partial charge in [0.15, 0.2) is 0 Å². The minimum absolute atomic E-state index is 0.0813. The number of rotatable bonds is 10. The number of nitrogens with zero attached hydrogens (tertiary/aromatic N) is 2. The van der Waals surface area contributed by atoms with Crippen LogP contribution in [0.15, 0.2) is 0 Å². The fraction of sp³-hybridized carbons (Fsp3) is 0.875. The fourth-order valence-corrected chi connectivity index (χ4v) is 8.83. The molecule has 4 fully saturated rings. The van der Waals surface area contributed by atoms with E-state index in [4.69, 9.17) is 4.74 Å². The summed E-state index contributed by atoms with van der Waals surface area (Å²) >= 11 is 1.67. The lowest BCUT2D eigenvalue weighted by atomic mass is 9.66. The Kier molecular flexibility index (Phi) is 7.81. The summed E-state index contributed by atoms with van der Waals surface area (Å²) in [6, 6.07) is -1.11.